The molecule has 1 aromatic heterocycles. The molecule has 0 radical (unpaired) electrons. The van der Waals surface area contributed by atoms with Crippen LogP contribution in [0.1, 0.15) is 77.5 Å². The number of halogens is 1. The fourth-order valence-electron chi connectivity index (χ4n) is 5.17. The second kappa shape index (κ2) is 10.2. The first-order chi connectivity index (χ1) is 18.0. The first-order valence-corrected chi connectivity index (χ1v) is 13.4. The molecule has 2 aromatic carbocycles. The molecule has 2 aliphatic rings. The molecule has 6 heteroatoms. The van der Waals surface area contributed by atoms with Gasteiger partial charge in [0.2, 0.25) is 0 Å². The Bertz CT molecular complexity index is 1350. The molecule has 2 heterocycles. The molecule has 1 saturated carbocycles. The van der Waals surface area contributed by atoms with Crippen molar-refractivity contribution in [2.75, 3.05) is 0 Å². The number of nitrogens with zero attached hydrogens (tertiary/aromatic N) is 1. The molecule has 5 rings (SSSR count). The van der Waals surface area contributed by atoms with Gasteiger partial charge in [-0.2, -0.15) is 0 Å². The van der Waals surface area contributed by atoms with E-state index in [0.717, 1.165) is 46.1 Å². The summed E-state index contributed by atoms with van der Waals surface area (Å²) in [6.07, 6.45) is 6.48. The zero-order valence-corrected chi connectivity index (χ0v) is 22.8. The summed E-state index contributed by atoms with van der Waals surface area (Å²) >= 11 is 0. The summed E-state index contributed by atoms with van der Waals surface area (Å²) in [5.41, 5.74) is 4.49. The lowest BCUT2D eigenvalue weighted by molar-refractivity contribution is -0.290. The van der Waals surface area contributed by atoms with E-state index in [1.807, 2.05) is 65.0 Å². The van der Waals surface area contributed by atoms with Crippen LogP contribution in [0, 0.1) is 5.82 Å². The Labute approximate surface area is 224 Å². The Morgan fingerprint density at radius 1 is 1.11 bits per heavy atom. The first-order valence-electron chi connectivity index (χ1n) is 13.4. The Morgan fingerprint density at radius 3 is 2.50 bits per heavy atom. The smallest absolute Gasteiger partial charge is 0.308 e. The van der Waals surface area contributed by atoms with Gasteiger partial charge in [-0.25, -0.2) is 4.39 Å². The maximum atomic E-state index is 13.8. The van der Waals surface area contributed by atoms with Crippen LogP contribution in [-0.2, 0) is 19.0 Å². The van der Waals surface area contributed by atoms with Crippen molar-refractivity contribution in [1.82, 2.24) is 4.98 Å². The van der Waals surface area contributed by atoms with E-state index >= 15 is 0 Å². The number of hydrogen-bond acceptors (Lipinski definition) is 5. The number of pyridine rings is 1. The lowest BCUT2D eigenvalue weighted by Gasteiger charge is -2.39. The second-order valence-corrected chi connectivity index (χ2v) is 11.8. The predicted molar refractivity (Wildman–Crippen MR) is 147 cm³/mol. The number of benzene rings is 2. The van der Waals surface area contributed by atoms with Gasteiger partial charge in [0, 0.05) is 28.9 Å². The van der Waals surface area contributed by atoms with Crippen LogP contribution in [0.4, 0.5) is 4.39 Å². The van der Waals surface area contributed by atoms with Gasteiger partial charge in [-0.1, -0.05) is 42.5 Å². The van der Waals surface area contributed by atoms with Crippen molar-refractivity contribution in [3.05, 3.63) is 71.7 Å². The number of carbonyl (C=O) groups is 1. The van der Waals surface area contributed by atoms with Gasteiger partial charge >= 0.3 is 5.97 Å². The zero-order chi connectivity index (χ0) is 27.1. The number of para-hydroxylation sites is 1. The zero-order valence-electron chi connectivity index (χ0n) is 22.8. The second-order valence-electron chi connectivity index (χ2n) is 11.8. The van der Waals surface area contributed by atoms with E-state index in [0.29, 0.717) is 12.3 Å². The third-order valence-corrected chi connectivity index (χ3v) is 6.73. The minimum absolute atomic E-state index is 0.167. The van der Waals surface area contributed by atoms with E-state index in [-0.39, 0.29) is 30.4 Å². The van der Waals surface area contributed by atoms with Gasteiger partial charge < -0.3 is 14.2 Å². The van der Waals surface area contributed by atoms with Crippen LogP contribution in [0.15, 0.2) is 54.6 Å². The van der Waals surface area contributed by atoms with Gasteiger partial charge in [0.15, 0.2) is 5.79 Å². The molecule has 38 heavy (non-hydrogen) atoms. The molecule has 1 aliphatic heterocycles. The lowest BCUT2D eigenvalue weighted by atomic mass is 9.92. The Morgan fingerprint density at radius 2 is 1.82 bits per heavy atom. The molecule has 2 fully saturated rings. The van der Waals surface area contributed by atoms with Crippen molar-refractivity contribution in [3.63, 3.8) is 0 Å². The number of carbonyl (C=O) groups excluding carboxylic acids is 1. The quantitative estimate of drug-likeness (QED) is 0.316. The molecule has 0 amide bonds. The van der Waals surface area contributed by atoms with Gasteiger partial charge in [0.25, 0.3) is 0 Å². The maximum absolute atomic E-state index is 13.8. The monoisotopic (exact) mass is 517 g/mol. The molecule has 0 N–H and O–H groups in total. The molecule has 1 saturated heterocycles. The van der Waals surface area contributed by atoms with E-state index in [1.165, 1.54) is 12.1 Å². The third kappa shape index (κ3) is 6.30. The van der Waals surface area contributed by atoms with Gasteiger partial charge in [0.05, 0.1) is 29.8 Å². The molecule has 0 bridgehead atoms. The number of ether oxygens (including phenoxy) is 3. The van der Waals surface area contributed by atoms with Crippen LogP contribution in [0.5, 0.6) is 0 Å². The highest BCUT2D eigenvalue weighted by Gasteiger charge is 2.36. The van der Waals surface area contributed by atoms with Crippen LogP contribution < -0.4 is 0 Å². The Balaban J connectivity index is 1.51. The minimum atomic E-state index is -0.847. The van der Waals surface area contributed by atoms with E-state index in [2.05, 4.69) is 18.2 Å². The molecule has 5 nitrogen and oxygen atoms in total. The van der Waals surface area contributed by atoms with Crippen molar-refractivity contribution in [2.45, 2.75) is 89.8 Å². The molecule has 1 aliphatic carbocycles. The molecule has 0 spiro atoms. The summed E-state index contributed by atoms with van der Waals surface area (Å²) in [5, 5.41) is 1.03. The summed E-state index contributed by atoms with van der Waals surface area (Å²) in [6, 6.07) is 14.8. The summed E-state index contributed by atoms with van der Waals surface area (Å²) in [7, 11) is 0. The van der Waals surface area contributed by atoms with E-state index in [1.54, 1.807) is 0 Å². The predicted octanol–water partition coefficient (Wildman–Crippen LogP) is 7.57. The fraction of sp³-hybridized carbons (Fsp3) is 0.438. The van der Waals surface area contributed by atoms with Crippen molar-refractivity contribution < 1.29 is 23.4 Å². The summed E-state index contributed by atoms with van der Waals surface area (Å²) < 4.78 is 31.7. The number of aromatic nitrogens is 1. The van der Waals surface area contributed by atoms with Crippen molar-refractivity contribution in [1.29, 1.82) is 0 Å². The van der Waals surface area contributed by atoms with Crippen LogP contribution in [0.2, 0.25) is 0 Å². The number of hydrogen-bond donors (Lipinski definition) is 0. The maximum Gasteiger partial charge on any atom is 0.308 e. The molecule has 2 unspecified atom stereocenters. The van der Waals surface area contributed by atoms with E-state index in [9.17, 15) is 9.18 Å². The van der Waals surface area contributed by atoms with Crippen LogP contribution in [0.25, 0.3) is 28.1 Å². The number of fused-ring (bicyclic) bond motifs is 1. The summed E-state index contributed by atoms with van der Waals surface area (Å²) in [5.74, 6) is -0.983. The van der Waals surface area contributed by atoms with Gasteiger partial charge in [0.1, 0.15) is 11.4 Å². The average molecular weight is 518 g/mol. The SMILES string of the molecule is CC(C)(C)OC(=O)CC1CC(C=Cc2c(C3CC3)nc3ccccc3c2-c2ccc(F)cc2)OC(C)(C)O1. The third-order valence-electron chi connectivity index (χ3n) is 6.73. The molecule has 200 valence electrons. The largest absolute Gasteiger partial charge is 0.460 e. The normalized spacial score (nSPS) is 21.6. The van der Waals surface area contributed by atoms with Crippen molar-refractivity contribution >= 4 is 22.9 Å². The molecule has 2 atom stereocenters. The standard InChI is InChI=1S/C32H36FNO4/c1-31(2,3)38-28(35)19-24-18-23(36-32(4,5)37-24)16-17-26-29(20-12-14-22(33)15-13-20)25-8-6-7-9-27(25)34-30(26)21-10-11-21/h6-9,12-17,21,23-24H,10-11,18-19H2,1-5H3. The minimum Gasteiger partial charge on any atom is -0.460 e. The van der Waals surface area contributed by atoms with Crippen LogP contribution in [0.3, 0.4) is 0 Å². The van der Waals surface area contributed by atoms with Crippen molar-refractivity contribution in [3.8, 4) is 11.1 Å². The van der Waals surface area contributed by atoms with Crippen molar-refractivity contribution in [2.24, 2.45) is 0 Å². The average Bonchev–Trinajstić information content (AvgIpc) is 3.66. The van der Waals surface area contributed by atoms with Gasteiger partial charge in [-0.3, -0.25) is 9.78 Å². The lowest BCUT2D eigenvalue weighted by Crippen LogP contribution is -2.45. The topological polar surface area (TPSA) is 57.7 Å². The van der Waals surface area contributed by atoms with Crippen LogP contribution in [-0.4, -0.2) is 34.5 Å². The highest BCUT2D eigenvalue weighted by atomic mass is 19.1. The van der Waals surface area contributed by atoms with Gasteiger partial charge in [-0.15, -0.1) is 0 Å². The van der Waals surface area contributed by atoms with Crippen LogP contribution >= 0.6 is 0 Å². The van der Waals surface area contributed by atoms with E-state index in [4.69, 9.17) is 19.2 Å². The first kappa shape index (κ1) is 26.5. The van der Waals surface area contributed by atoms with Gasteiger partial charge in [-0.05, 0) is 71.2 Å². The molecule has 3 aromatic rings. The van der Waals surface area contributed by atoms with E-state index < -0.39 is 11.4 Å². The highest BCUT2D eigenvalue weighted by Crippen LogP contribution is 2.45. The summed E-state index contributed by atoms with van der Waals surface area (Å²) in [6.45, 7) is 9.31. The fourth-order valence-corrected chi connectivity index (χ4v) is 5.17. The molecular weight excluding hydrogens is 481 g/mol. The summed E-state index contributed by atoms with van der Waals surface area (Å²) in [4.78, 5) is 17.6. The highest BCUT2D eigenvalue weighted by molar-refractivity contribution is 5.99. The number of esters is 1. The number of rotatable bonds is 6. The Hall–Kier alpha value is -3.09. The Kier molecular flexibility index (Phi) is 7.14. The molecular formula is C32H36FNO4.